The van der Waals surface area contributed by atoms with Crippen molar-refractivity contribution in [3.05, 3.63) is 24.3 Å². The third-order valence-electron chi connectivity index (χ3n) is 4.96. The second-order valence-corrected chi connectivity index (χ2v) is 9.60. The molecule has 8 heteroatoms. The molecule has 1 heterocycles. The minimum atomic E-state index is -3.09. The van der Waals surface area contributed by atoms with E-state index >= 15 is 0 Å². The topological polar surface area (TPSA) is 95.6 Å². The van der Waals surface area contributed by atoms with Crippen molar-refractivity contribution in [1.29, 1.82) is 0 Å². The number of hydrogen-bond acceptors (Lipinski definition) is 5. The van der Waals surface area contributed by atoms with E-state index in [0.717, 1.165) is 18.8 Å². The molecule has 0 aromatic heterocycles. The van der Waals surface area contributed by atoms with Crippen LogP contribution in [-0.4, -0.2) is 50.9 Å². The largest absolute Gasteiger partial charge is 0.372 e. The fraction of sp³-hybridized carbons (Fsp3) is 0.579. The van der Waals surface area contributed by atoms with Crippen LogP contribution in [0.5, 0.6) is 0 Å². The minimum Gasteiger partial charge on any atom is -0.372 e. The van der Waals surface area contributed by atoms with E-state index in [9.17, 15) is 18.0 Å². The molecule has 1 saturated heterocycles. The first-order valence-corrected chi connectivity index (χ1v) is 11.1. The first kappa shape index (κ1) is 21.2. The quantitative estimate of drug-likeness (QED) is 0.687. The van der Waals surface area contributed by atoms with E-state index in [1.807, 2.05) is 24.3 Å². The molecule has 0 aliphatic carbocycles. The highest BCUT2D eigenvalue weighted by molar-refractivity contribution is 7.91. The van der Waals surface area contributed by atoms with E-state index in [4.69, 9.17) is 0 Å². The molecule has 150 valence electrons. The highest BCUT2D eigenvalue weighted by Gasteiger charge is 2.39. The Balaban J connectivity index is 1.99. The Kier molecular flexibility index (Phi) is 6.51. The molecular formula is C19H29N3O4S. The van der Waals surface area contributed by atoms with Crippen LogP contribution in [0.25, 0.3) is 0 Å². The van der Waals surface area contributed by atoms with E-state index in [-0.39, 0.29) is 11.5 Å². The van der Waals surface area contributed by atoms with Gasteiger partial charge in [0, 0.05) is 30.5 Å². The van der Waals surface area contributed by atoms with Crippen LogP contribution in [0.4, 0.5) is 11.4 Å². The molecule has 2 N–H and O–H groups in total. The van der Waals surface area contributed by atoms with Gasteiger partial charge < -0.3 is 15.5 Å². The van der Waals surface area contributed by atoms with Gasteiger partial charge in [0.2, 0.25) is 11.8 Å². The molecule has 2 amide bonds. The lowest BCUT2D eigenvalue weighted by molar-refractivity contribution is -0.138. The maximum atomic E-state index is 12.6. The smallest absolute Gasteiger partial charge is 0.239 e. The van der Waals surface area contributed by atoms with Crippen molar-refractivity contribution in [1.82, 2.24) is 5.32 Å². The van der Waals surface area contributed by atoms with Gasteiger partial charge in [0.15, 0.2) is 9.84 Å². The molecule has 1 aliphatic rings. The molecule has 7 nitrogen and oxygen atoms in total. The zero-order chi connectivity index (χ0) is 20.2. The second kappa shape index (κ2) is 8.29. The fourth-order valence-electron chi connectivity index (χ4n) is 3.01. The highest BCUT2D eigenvalue weighted by Crippen LogP contribution is 2.23. The molecule has 0 bridgehead atoms. The van der Waals surface area contributed by atoms with Gasteiger partial charge >= 0.3 is 0 Å². The first-order chi connectivity index (χ1) is 12.6. The number of amides is 2. The molecule has 0 radical (unpaired) electrons. The number of rotatable bonds is 7. The summed E-state index contributed by atoms with van der Waals surface area (Å²) in [7, 11) is -3.09. The number of carbonyl (C=O) groups is 2. The lowest BCUT2D eigenvalue weighted by Crippen LogP contribution is -2.48. The van der Waals surface area contributed by atoms with Crippen LogP contribution >= 0.6 is 0 Å². The molecule has 1 aromatic carbocycles. The van der Waals surface area contributed by atoms with Gasteiger partial charge in [0.05, 0.1) is 11.5 Å². The lowest BCUT2D eigenvalue weighted by Gasteiger charge is -2.25. The zero-order valence-electron chi connectivity index (χ0n) is 16.4. The summed E-state index contributed by atoms with van der Waals surface area (Å²) in [5.41, 5.74) is 0.363. The molecule has 27 heavy (non-hydrogen) atoms. The summed E-state index contributed by atoms with van der Waals surface area (Å²) in [6.45, 7) is 9.02. The van der Waals surface area contributed by atoms with Gasteiger partial charge in [-0.1, -0.05) is 0 Å². The first-order valence-electron chi connectivity index (χ1n) is 9.27. The second-order valence-electron chi connectivity index (χ2n) is 7.37. The predicted molar refractivity (Wildman–Crippen MR) is 108 cm³/mol. The van der Waals surface area contributed by atoms with Gasteiger partial charge in [0.25, 0.3) is 0 Å². The number of anilines is 2. The van der Waals surface area contributed by atoms with Crippen LogP contribution in [0.3, 0.4) is 0 Å². The van der Waals surface area contributed by atoms with Gasteiger partial charge in [-0.05, 0) is 58.4 Å². The number of nitrogens with one attached hydrogen (secondary N) is 2. The summed E-state index contributed by atoms with van der Waals surface area (Å²) in [6, 6.07) is 7.05. The number of benzene rings is 1. The van der Waals surface area contributed by atoms with Crippen molar-refractivity contribution in [3.8, 4) is 0 Å². The zero-order valence-corrected chi connectivity index (χ0v) is 17.2. The summed E-state index contributed by atoms with van der Waals surface area (Å²) in [4.78, 5) is 27.3. The summed E-state index contributed by atoms with van der Waals surface area (Å²) in [5.74, 6) is -0.898. The standard InChI is InChI=1S/C19H29N3O4S/c1-5-22(6-2)16-9-7-14(8-10-16)20-17(23)19(3,4)18(24)21-15-11-12-27(25,26)13-15/h7-10,15H,5-6,11-13H2,1-4H3,(H,20,23)(H,21,24). The van der Waals surface area contributed by atoms with Crippen LogP contribution in [0.1, 0.15) is 34.1 Å². The Bertz CT molecular complexity index is 784. The summed E-state index contributed by atoms with van der Waals surface area (Å²) < 4.78 is 23.1. The number of carbonyl (C=O) groups excluding carboxylic acids is 2. The van der Waals surface area contributed by atoms with Crippen LogP contribution in [0.2, 0.25) is 0 Å². The Morgan fingerprint density at radius 3 is 2.19 bits per heavy atom. The van der Waals surface area contributed by atoms with Crippen LogP contribution in [0, 0.1) is 5.41 Å². The summed E-state index contributed by atoms with van der Waals surface area (Å²) in [6.07, 6.45) is 0.387. The molecule has 1 fully saturated rings. The van der Waals surface area contributed by atoms with Crippen LogP contribution in [0.15, 0.2) is 24.3 Å². The average molecular weight is 396 g/mol. The molecule has 0 spiro atoms. The maximum Gasteiger partial charge on any atom is 0.239 e. The molecule has 1 aliphatic heterocycles. The third-order valence-corrected chi connectivity index (χ3v) is 6.72. The molecule has 1 unspecified atom stereocenters. The van der Waals surface area contributed by atoms with E-state index < -0.39 is 33.1 Å². The SMILES string of the molecule is CCN(CC)c1ccc(NC(=O)C(C)(C)C(=O)NC2CCS(=O)(=O)C2)cc1. The summed E-state index contributed by atoms with van der Waals surface area (Å²) in [5, 5.41) is 5.46. The van der Waals surface area contributed by atoms with Crippen LogP contribution in [-0.2, 0) is 19.4 Å². The molecule has 2 rings (SSSR count). The Hall–Kier alpha value is -2.09. The van der Waals surface area contributed by atoms with E-state index in [2.05, 4.69) is 29.4 Å². The molecule has 0 saturated carbocycles. The van der Waals surface area contributed by atoms with Crippen molar-refractivity contribution in [2.24, 2.45) is 5.41 Å². The molecule has 1 atom stereocenters. The van der Waals surface area contributed by atoms with Gasteiger partial charge in [0.1, 0.15) is 5.41 Å². The highest BCUT2D eigenvalue weighted by atomic mass is 32.2. The number of nitrogens with zero attached hydrogens (tertiary/aromatic N) is 1. The Morgan fingerprint density at radius 2 is 1.70 bits per heavy atom. The third kappa shape index (κ3) is 5.22. The van der Waals surface area contributed by atoms with Crippen LogP contribution < -0.4 is 15.5 Å². The van der Waals surface area contributed by atoms with E-state index in [1.165, 1.54) is 13.8 Å². The van der Waals surface area contributed by atoms with Gasteiger partial charge in [-0.25, -0.2) is 8.42 Å². The van der Waals surface area contributed by atoms with Crippen molar-refractivity contribution in [3.63, 3.8) is 0 Å². The predicted octanol–water partition coefficient (Wildman–Crippen LogP) is 1.80. The van der Waals surface area contributed by atoms with Gasteiger partial charge in [-0.3, -0.25) is 9.59 Å². The maximum absolute atomic E-state index is 12.6. The molecule has 1 aromatic rings. The Labute approximate surface area is 161 Å². The van der Waals surface area contributed by atoms with E-state index in [0.29, 0.717) is 12.1 Å². The normalized spacial score (nSPS) is 18.7. The minimum absolute atomic E-state index is 0.0662. The van der Waals surface area contributed by atoms with Gasteiger partial charge in [-0.2, -0.15) is 0 Å². The average Bonchev–Trinajstić information content (AvgIpc) is 2.95. The number of hydrogen-bond donors (Lipinski definition) is 2. The fourth-order valence-corrected chi connectivity index (χ4v) is 4.68. The van der Waals surface area contributed by atoms with Crippen molar-refractivity contribution in [2.75, 3.05) is 34.8 Å². The Morgan fingerprint density at radius 1 is 1.11 bits per heavy atom. The van der Waals surface area contributed by atoms with Gasteiger partial charge in [-0.15, -0.1) is 0 Å². The van der Waals surface area contributed by atoms with E-state index in [1.54, 1.807) is 0 Å². The number of sulfone groups is 1. The van der Waals surface area contributed by atoms with Crippen molar-refractivity contribution < 1.29 is 18.0 Å². The van der Waals surface area contributed by atoms with Crippen molar-refractivity contribution in [2.45, 2.75) is 40.2 Å². The monoisotopic (exact) mass is 395 g/mol. The molecular weight excluding hydrogens is 366 g/mol. The lowest BCUT2D eigenvalue weighted by atomic mass is 9.90. The summed E-state index contributed by atoms with van der Waals surface area (Å²) >= 11 is 0. The van der Waals surface area contributed by atoms with Crippen molar-refractivity contribution >= 4 is 33.0 Å².